The predicted molar refractivity (Wildman–Crippen MR) is 85.0 cm³/mol. The Morgan fingerprint density at radius 3 is 2.35 bits per heavy atom. The molecule has 0 radical (unpaired) electrons. The highest BCUT2D eigenvalue weighted by Gasteiger charge is 2.12. The summed E-state index contributed by atoms with van der Waals surface area (Å²) in [4.78, 5) is 4.60. The Morgan fingerprint density at radius 2 is 1.65 bits per heavy atom. The second-order valence-electron chi connectivity index (χ2n) is 4.32. The van der Waals surface area contributed by atoms with Gasteiger partial charge < -0.3 is 5.43 Å². The van der Waals surface area contributed by atoms with E-state index in [-0.39, 0.29) is 0 Å². The molecule has 0 amide bonds. The summed E-state index contributed by atoms with van der Waals surface area (Å²) in [6, 6.07) is 15.1. The van der Waals surface area contributed by atoms with Gasteiger partial charge in [-0.1, -0.05) is 53.5 Å². The number of anilines is 1. The molecule has 0 saturated heterocycles. The van der Waals surface area contributed by atoms with Crippen LogP contribution in [0.25, 0.3) is 22.2 Å². The first-order valence-electron chi connectivity index (χ1n) is 6.01. The fourth-order valence-electron chi connectivity index (χ4n) is 2.14. The largest absolute Gasteiger partial charge is 0.323 e. The average Bonchev–Trinajstić information content (AvgIpc) is 2.51. The van der Waals surface area contributed by atoms with E-state index in [2.05, 4.69) is 10.4 Å². The minimum Gasteiger partial charge on any atom is -0.323 e. The van der Waals surface area contributed by atoms with E-state index in [0.29, 0.717) is 21.2 Å². The number of nitrogens with zero attached hydrogens (tertiary/aromatic N) is 1. The Balaban J connectivity index is 2.35. The molecule has 0 bridgehead atoms. The predicted octanol–water partition coefficient (Wildman–Crippen LogP) is 4.49. The zero-order valence-electron chi connectivity index (χ0n) is 10.4. The fraction of sp³-hybridized carbons (Fsp3) is 0. The molecule has 5 heteroatoms. The van der Waals surface area contributed by atoms with E-state index in [1.54, 1.807) is 12.1 Å². The Labute approximate surface area is 126 Å². The van der Waals surface area contributed by atoms with Crippen LogP contribution in [0.15, 0.2) is 48.5 Å². The molecule has 100 valence electrons. The standard InChI is InChI=1S/C15H11Cl2N3/c16-10-6-7-11(17)15-14(10)13(20-18)8-12(19-15)9-4-2-1-3-5-9/h1-8H,18H2,(H,19,20). The second kappa shape index (κ2) is 5.29. The van der Waals surface area contributed by atoms with Gasteiger partial charge in [-0.25, -0.2) is 4.98 Å². The molecule has 1 aromatic heterocycles. The monoisotopic (exact) mass is 303 g/mol. The maximum atomic E-state index is 6.23. The van der Waals surface area contributed by atoms with E-state index in [1.165, 1.54) is 0 Å². The van der Waals surface area contributed by atoms with Gasteiger partial charge in [0.25, 0.3) is 0 Å². The molecular weight excluding hydrogens is 293 g/mol. The van der Waals surface area contributed by atoms with E-state index in [4.69, 9.17) is 29.0 Å². The maximum Gasteiger partial charge on any atom is 0.0931 e. The van der Waals surface area contributed by atoms with Crippen molar-refractivity contribution in [2.45, 2.75) is 0 Å². The lowest BCUT2D eigenvalue weighted by atomic mass is 10.1. The highest BCUT2D eigenvalue weighted by Crippen LogP contribution is 2.36. The van der Waals surface area contributed by atoms with Crippen LogP contribution in [0.3, 0.4) is 0 Å². The molecule has 2 aromatic carbocycles. The summed E-state index contributed by atoms with van der Waals surface area (Å²) < 4.78 is 0. The number of fused-ring (bicyclic) bond motifs is 1. The molecule has 20 heavy (non-hydrogen) atoms. The van der Waals surface area contributed by atoms with Crippen LogP contribution in [0.4, 0.5) is 5.69 Å². The summed E-state index contributed by atoms with van der Waals surface area (Å²) in [6.07, 6.45) is 0. The number of hydrogen-bond donors (Lipinski definition) is 2. The number of rotatable bonds is 2. The number of hydrazine groups is 1. The van der Waals surface area contributed by atoms with Crippen LogP contribution in [-0.4, -0.2) is 4.98 Å². The molecule has 0 unspecified atom stereocenters. The van der Waals surface area contributed by atoms with Crippen molar-refractivity contribution in [1.82, 2.24) is 4.98 Å². The van der Waals surface area contributed by atoms with Crippen LogP contribution < -0.4 is 11.3 Å². The Kier molecular flexibility index (Phi) is 3.49. The topological polar surface area (TPSA) is 50.9 Å². The highest BCUT2D eigenvalue weighted by atomic mass is 35.5. The summed E-state index contributed by atoms with van der Waals surface area (Å²) in [7, 11) is 0. The van der Waals surface area contributed by atoms with Crippen molar-refractivity contribution >= 4 is 39.8 Å². The van der Waals surface area contributed by atoms with Crippen molar-refractivity contribution in [3.05, 3.63) is 58.6 Å². The zero-order chi connectivity index (χ0) is 14.1. The van der Waals surface area contributed by atoms with Crippen LogP contribution >= 0.6 is 23.2 Å². The summed E-state index contributed by atoms with van der Waals surface area (Å²) in [5, 5.41) is 1.82. The van der Waals surface area contributed by atoms with Crippen molar-refractivity contribution in [3.8, 4) is 11.3 Å². The van der Waals surface area contributed by atoms with E-state index < -0.39 is 0 Å². The third-order valence-corrected chi connectivity index (χ3v) is 3.71. The van der Waals surface area contributed by atoms with Gasteiger partial charge in [-0.3, -0.25) is 5.84 Å². The van der Waals surface area contributed by atoms with Gasteiger partial charge in [0, 0.05) is 10.9 Å². The van der Waals surface area contributed by atoms with Gasteiger partial charge in [0.2, 0.25) is 0 Å². The molecule has 3 aromatic rings. The van der Waals surface area contributed by atoms with Crippen molar-refractivity contribution in [3.63, 3.8) is 0 Å². The lowest BCUT2D eigenvalue weighted by Gasteiger charge is -2.11. The van der Waals surface area contributed by atoms with Gasteiger partial charge in [-0.15, -0.1) is 0 Å². The summed E-state index contributed by atoms with van der Waals surface area (Å²) in [5.74, 6) is 5.60. The number of halogens is 2. The van der Waals surface area contributed by atoms with Crippen molar-refractivity contribution in [2.24, 2.45) is 5.84 Å². The van der Waals surface area contributed by atoms with Crippen molar-refractivity contribution < 1.29 is 0 Å². The molecule has 0 atom stereocenters. The van der Waals surface area contributed by atoms with E-state index >= 15 is 0 Å². The van der Waals surface area contributed by atoms with Crippen LogP contribution in [0.2, 0.25) is 10.0 Å². The fourth-order valence-corrected chi connectivity index (χ4v) is 2.59. The first kappa shape index (κ1) is 13.2. The maximum absolute atomic E-state index is 6.23. The lowest BCUT2D eigenvalue weighted by molar-refractivity contribution is 1.33. The van der Waals surface area contributed by atoms with E-state index in [1.807, 2.05) is 36.4 Å². The van der Waals surface area contributed by atoms with Crippen LogP contribution in [0.1, 0.15) is 0 Å². The molecule has 3 nitrogen and oxygen atoms in total. The zero-order valence-corrected chi connectivity index (χ0v) is 11.9. The lowest BCUT2D eigenvalue weighted by Crippen LogP contribution is -2.08. The average molecular weight is 304 g/mol. The Morgan fingerprint density at radius 1 is 0.950 bits per heavy atom. The molecule has 0 aliphatic rings. The third kappa shape index (κ3) is 2.20. The quantitative estimate of drug-likeness (QED) is 0.541. The van der Waals surface area contributed by atoms with Crippen LogP contribution in [0, 0.1) is 0 Å². The summed E-state index contributed by atoms with van der Waals surface area (Å²) in [5.41, 5.74) is 5.77. The van der Waals surface area contributed by atoms with Gasteiger partial charge in [-0.05, 0) is 18.2 Å². The van der Waals surface area contributed by atoms with Gasteiger partial charge in [0.15, 0.2) is 0 Å². The number of nitrogens with two attached hydrogens (primary N) is 1. The first-order chi connectivity index (χ1) is 9.70. The second-order valence-corrected chi connectivity index (χ2v) is 5.13. The number of benzene rings is 2. The van der Waals surface area contributed by atoms with Crippen LogP contribution in [0.5, 0.6) is 0 Å². The van der Waals surface area contributed by atoms with E-state index in [9.17, 15) is 0 Å². The molecule has 0 aliphatic carbocycles. The molecule has 0 fully saturated rings. The number of nitrogen functional groups attached to an aromatic ring is 1. The normalized spacial score (nSPS) is 10.8. The number of aromatic nitrogens is 1. The Hall–Kier alpha value is -1.81. The molecular formula is C15H11Cl2N3. The van der Waals surface area contributed by atoms with Crippen molar-refractivity contribution in [2.75, 3.05) is 5.43 Å². The minimum atomic E-state index is 0.540. The van der Waals surface area contributed by atoms with Gasteiger partial charge in [0.05, 0.1) is 26.9 Å². The third-order valence-electron chi connectivity index (χ3n) is 3.09. The van der Waals surface area contributed by atoms with Gasteiger partial charge >= 0.3 is 0 Å². The summed E-state index contributed by atoms with van der Waals surface area (Å²) >= 11 is 12.4. The smallest absolute Gasteiger partial charge is 0.0931 e. The molecule has 1 heterocycles. The van der Waals surface area contributed by atoms with Crippen LogP contribution in [-0.2, 0) is 0 Å². The minimum absolute atomic E-state index is 0.540. The molecule has 0 spiro atoms. The first-order valence-corrected chi connectivity index (χ1v) is 6.77. The van der Waals surface area contributed by atoms with E-state index in [0.717, 1.165) is 16.6 Å². The highest BCUT2D eigenvalue weighted by molar-refractivity contribution is 6.40. The van der Waals surface area contributed by atoms with Gasteiger partial charge in [0.1, 0.15) is 0 Å². The molecule has 0 saturated carbocycles. The number of hydrogen-bond acceptors (Lipinski definition) is 3. The SMILES string of the molecule is NNc1cc(-c2ccccc2)nc2c(Cl)ccc(Cl)c12. The number of nitrogens with one attached hydrogen (secondary N) is 1. The molecule has 3 rings (SSSR count). The molecule has 0 aliphatic heterocycles. The van der Waals surface area contributed by atoms with Gasteiger partial charge in [-0.2, -0.15) is 0 Å². The van der Waals surface area contributed by atoms with Crippen molar-refractivity contribution in [1.29, 1.82) is 0 Å². The summed E-state index contributed by atoms with van der Waals surface area (Å²) in [6.45, 7) is 0. The number of pyridine rings is 1. The molecule has 3 N–H and O–H groups in total. The Bertz CT molecular complexity index is 773.